The molecule has 0 aliphatic heterocycles. The highest BCUT2D eigenvalue weighted by Crippen LogP contribution is 2.49. The molecule has 1 aliphatic rings. The second kappa shape index (κ2) is 40.2. The highest BCUT2D eigenvalue weighted by Gasteiger charge is 2.54. The molecule has 19 nitrogen and oxygen atoms in total. The molecule has 0 amide bonds. The van der Waals surface area contributed by atoms with Crippen molar-refractivity contribution in [3.63, 3.8) is 0 Å². The minimum atomic E-state index is -5.42. The molecule has 10 N–H and O–H groups in total. The average molecular weight is 1060 g/mol. The highest BCUT2D eigenvalue weighted by molar-refractivity contribution is 7.47. The van der Waals surface area contributed by atoms with Crippen LogP contribution in [0.1, 0.15) is 136 Å². The molecule has 11 atom stereocenters. The largest absolute Gasteiger partial charge is 0.472 e. The van der Waals surface area contributed by atoms with Gasteiger partial charge in [0.05, 0.1) is 24.9 Å². The Morgan fingerprint density at radius 2 is 1.10 bits per heavy atom. The van der Waals surface area contributed by atoms with E-state index in [-0.39, 0.29) is 25.7 Å². The van der Waals surface area contributed by atoms with Crippen LogP contribution in [0, 0.1) is 0 Å². The SMILES string of the molecule is CC/C=C\C/C=C\C/C=C\C/C=C\CCCCCCCCC(=O)OC[C@H](COP(=O)(O)O[C@H]1C(O)C(O)C(O)[C@@H](OP(=O)(O)O)C1O)OC(=O)CCC[C@H](O)[C@@H](O)/C=C/C=C/C=C\C=C\[C@@H](O)CCCCC. The third-order valence-corrected chi connectivity index (χ3v) is 12.5. The van der Waals surface area contributed by atoms with Crippen LogP contribution in [-0.2, 0) is 41.8 Å². The van der Waals surface area contributed by atoms with Gasteiger partial charge < -0.3 is 59.9 Å². The summed E-state index contributed by atoms with van der Waals surface area (Å²) in [5, 5.41) is 72.0. The molecule has 1 saturated carbocycles. The van der Waals surface area contributed by atoms with Gasteiger partial charge >= 0.3 is 27.6 Å². The molecule has 72 heavy (non-hydrogen) atoms. The van der Waals surface area contributed by atoms with Crippen LogP contribution in [0.5, 0.6) is 0 Å². The fourth-order valence-corrected chi connectivity index (χ4v) is 8.53. The molecule has 0 spiro atoms. The summed E-state index contributed by atoms with van der Waals surface area (Å²) < 4.78 is 49.2. The number of hydrogen-bond donors (Lipinski definition) is 10. The minimum absolute atomic E-state index is 0.0169. The second-order valence-electron chi connectivity index (χ2n) is 17.4. The van der Waals surface area contributed by atoms with Crippen molar-refractivity contribution in [2.45, 2.75) is 197 Å². The zero-order valence-corrected chi connectivity index (χ0v) is 43.7. The number of unbranched alkanes of at least 4 members (excludes halogenated alkanes) is 8. The molecule has 1 rings (SSSR count). The molecule has 21 heteroatoms. The Kier molecular flexibility index (Phi) is 37.3. The van der Waals surface area contributed by atoms with Crippen molar-refractivity contribution in [1.29, 1.82) is 0 Å². The van der Waals surface area contributed by atoms with E-state index < -0.39 is 102 Å². The fourth-order valence-electron chi connectivity index (χ4n) is 6.99. The first-order valence-corrected chi connectivity index (χ1v) is 28.1. The first kappa shape index (κ1) is 66.8. The average Bonchev–Trinajstić information content (AvgIpc) is 3.33. The van der Waals surface area contributed by atoms with Gasteiger partial charge in [0.15, 0.2) is 6.10 Å². The molecule has 0 bridgehead atoms. The summed E-state index contributed by atoms with van der Waals surface area (Å²) in [4.78, 5) is 54.4. The van der Waals surface area contributed by atoms with Crippen molar-refractivity contribution in [3.05, 3.63) is 97.2 Å². The summed E-state index contributed by atoms with van der Waals surface area (Å²) >= 11 is 0. The van der Waals surface area contributed by atoms with Crippen LogP contribution in [0.2, 0.25) is 0 Å². The van der Waals surface area contributed by atoms with Crippen LogP contribution in [0.25, 0.3) is 0 Å². The van der Waals surface area contributed by atoms with Gasteiger partial charge in [0.1, 0.15) is 43.2 Å². The molecule has 0 aromatic heterocycles. The predicted octanol–water partition coefficient (Wildman–Crippen LogP) is 6.86. The third-order valence-electron chi connectivity index (χ3n) is 11.0. The zero-order valence-electron chi connectivity index (χ0n) is 41.9. The van der Waals surface area contributed by atoms with Gasteiger partial charge in [-0.3, -0.25) is 23.2 Å². The summed E-state index contributed by atoms with van der Waals surface area (Å²) in [7, 11) is -10.8. The van der Waals surface area contributed by atoms with Gasteiger partial charge in [-0.15, -0.1) is 0 Å². The Hall–Kier alpha value is -3.20. The van der Waals surface area contributed by atoms with Crippen molar-refractivity contribution in [2.75, 3.05) is 13.2 Å². The van der Waals surface area contributed by atoms with Crippen LogP contribution in [0.15, 0.2) is 97.2 Å². The van der Waals surface area contributed by atoms with Crippen molar-refractivity contribution in [1.82, 2.24) is 0 Å². The maximum absolute atomic E-state index is 13.0. The number of hydrogen-bond acceptors (Lipinski definition) is 16. The lowest BCUT2D eigenvalue weighted by atomic mass is 9.85. The van der Waals surface area contributed by atoms with E-state index in [4.69, 9.17) is 18.5 Å². The molecule has 0 aromatic rings. The van der Waals surface area contributed by atoms with Crippen LogP contribution < -0.4 is 0 Å². The number of rotatable bonds is 40. The van der Waals surface area contributed by atoms with Gasteiger partial charge in [-0.2, -0.15) is 0 Å². The number of phosphoric acid groups is 2. The van der Waals surface area contributed by atoms with Gasteiger partial charge in [0.25, 0.3) is 0 Å². The number of carbonyl (C=O) groups excluding carboxylic acids is 2. The van der Waals surface area contributed by atoms with Gasteiger partial charge in [0, 0.05) is 12.8 Å². The Balaban J connectivity index is 2.72. The molecule has 0 heterocycles. The van der Waals surface area contributed by atoms with Crippen molar-refractivity contribution >= 4 is 27.6 Å². The predicted molar refractivity (Wildman–Crippen MR) is 273 cm³/mol. The third kappa shape index (κ3) is 33.6. The Morgan fingerprint density at radius 1 is 0.556 bits per heavy atom. The monoisotopic (exact) mass is 1060 g/mol. The number of allylic oxidation sites excluding steroid dienone is 14. The smallest absolute Gasteiger partial charge is 0.462 e. The first-order chi connectivity index (χ1) is 34.3. The van der Waals surface area contributed by atoms with E-state index >= 15 is 0 Å². The summed E-state index contributed by atoms with van der Waals surface area (Å²) in [5.74, 6) is -1.56. The van der Waals surface area contributed by atoms with Crippen LogP contribution in [0.4, 0.5) is 0 Å². The molecule has 412 valence electrons. The lowest BCUT2D eigenvalue weighted by molar-refractivity contribution is -0.216. The summed E-state index contributed by atoms with van der Waals surface area (Å²) in [6.45, 7) is 2.59. The molecule has 0 saturated heterocycles. The molecule has 1 aliphatic carbocycles. The van der Waals surface area contributed by atoms with E-state index in [1.54, 1.807) is 36.5 Å². The number of phosphoric ester groups is 2. The number of carbonyl (C=O) groups is 2. The lowest BCUT2D eigenvalue weighted by Gasteiger charge is -2.43. The Bertz CT molecular complexity index is 1810. The van der Waals surface area contributed by atoms with E-state index in [0.29, 0.717) is 12.8 Å². The Labute approximate surface area is 425 Å². The van der Waals surface area contributed by atoms with Gasteiger partial charge in [-0.25, -0.2) is 9.13 Å². The number of ether oxygens (including phenoxy) is 2. The van der Waals surface area contributed by atoms with Crippen LogP contribution in [0.3, 0.4) is 0 Å². The zero-order chi connectivity index (χ0) is 53.6. The molecular weight excluding hydrogens is 978 g/mol. The fraction of sp³-hybridized carbons (Fsp3) is 0.647. The summed E-state index contributed by atoms with van der Waals surface area (Å²) in [6, 6.07) is 0. The quantitative estimate of drug-likeness (QED) is 0.00984. The summed E-state index contributed by atoms with van der Waals surface area (Å²) in [6.07, 6.45) is 25.4. The normalized spacial score (nSPS) is 22.9. The molecule has 5 unspecified atom stereocenters. The number of aliphatic hydroxyl groups excluding tert-OH is 7. The number of aliphatic hydroxyl groups is 7. The van der Waals surface area contributed by atoms with Gasteiger partial charge in [-0.1, -0.05) is 156 Å². The van der Waals surface area contributed by atoms with Crippen molar-refractivity contribution in [2.24, 2.45) is 0 Å². The standard InChI is InChI=1S/C51H84O19P2/c1-3-5-7-8-9-10-11-12-13-14-15-16-17-18-19-20-21-26-30-36-44(55)66-38-41(39-67-72(64,65)70-51-48(59)46(57)47(58)50(49(51)60)69-71(61,62)63)68-45(56)37-31-35-43(54)42(53)34-29-25-23-22-24-28-33-40(52)32-27-6-4-2/h5,7,9-10,12-13,15-16,22-25,28-29,33-34,40-43,46-54,57-60H,3-4,6,8,11,14,17-21,26-27,30-32,35-39H2,1-2H3,(H,64,65)(H2,61,62,63)/b7-5-,10-9-,13-12-,16-15-,24-22-,25-23+,33-28+,34-29+/t40-,41+,42-,43-,46?,47?,48?,49?,50+,51-/m0/s1. The molecular formula is C51H84O19P2. The van der Waals surface area contributed by atoms with E-state index in [1.807, 2.05) is 0 Å². The second-order valence-corrected chi connectivity index (χ2v) is 20.0. The van der Waals surface area contributed by atoms with Gasteiger partial charge in [-0.05, 0) is 64.2 Å². The molecule has 0 aromatic carbocycles. The first-order valence-electron chi connectivity index (χ1n) is 25.1. The van der Waals surface area contributed by atoms with Crippen LogP contribution in [-0.4, -0.2) is 137 Å². The van der Waals surface area contributed by atoms with E-state index in [1.165, 1.54) is 12.2 Å². The lowest BCUT2D eigenvalue weighted by Crippen LogP contribution is -2.64. The van der Waals surface area contributed by atoms with E-state index in [2.05, 4.69) is 67.0 Å². The number of esters is 2. The maximum Gasteiger partial charge on any atom is 0.472 e. The minimum Gasteiger partial charge on any atom is -0.462 e. The maximum atomic E-state index is 13.0. The Morgan fingerprint density at radius 3 is 1.71 bits per heavy atom. The molecule has 0 radical (unpaired) electrons. The highest BCUT2D eigenvalue weighted by atomic mass is 31.2. The van der Waals surface area contributed by atoms with Crippen molar-refractivity contribution < 1.29 is 92.2 Å². The van der Waals surface area contributed by atoms with E-state index in [9.17, 15) is 69.1 Å². The van der Waals surface area contributed by atoms with E-state index in [0.717, 1.165) is 83.5 Å². The van der Waals surface area contributed by atoms with Crippen LogP contribution >= 0.6 is 15.6 Å². The van der Waals surface area contributed by atoms with Crippen molar-refractivity contribution in [3.8, 4) is 0 Å². The molecule has 1 fully saturated rings. The summed E-state index contributed by atoms with van der Waals surface area (Å²) in [5.41, 5.74) is 0. The topological polar surface area (TPSA) is 317 Å². The van der Waals surface area contributed by atoms with Gasteiger partial charge in [0.2, 0.25) is 0 Å².